The molecule has 6 nitrogen and oxygen atoms in total. The Morgan fingerprint density at radius 3 is 2.50 bits per heavy atom. The maximum atomic E-state index is 11.7. The summed E-state index contributed by atoms with van der Waals surface area (Å²) in [6, 6.07) is 9.08. The Morgan fingerprint density at radius 1 is 1.35 bits per heavy atom. The van der Waals surface area contributed by atoms with Crippen LogP contribution in [0.5, 0.6) is 0 Å². The van der Waals surface area contributed by atoms with Gasteiger partial charge in [-0.05, 0) is 12.5 Å². The quantitative estimate of drug-likeness (QED) is 0.746. The number of carbonyl (C=O) groups excluding carboxylic acids is 1. The van der Waals surface area contributed by atoms with Crippen molar-refractivity contribution in [3.63, 3.8) is 0 Å². The largest absolute Gasteiger partial charge is 0.353 e. The van der Waals surface area contributed by atoms with Gasteiger partial charge in [-0.1, -0.05) is 30.3 Å². The summed E-state index contributed by atoms with van der Waals surface area (Å²) >= 11 is 0. The van der Waals surface area contributed by atoms with Crippen molar-refractivity contribution < 1.29 is 13.2 Å². The van der Waals surface area contributed by atoms with Crippen LogP contribution in [0.3, 0.4) is 0 Å². The van der Waals surface area contributed by atoms with E-state index in [-0.39, 0.29) is 30.8 Å². The van der Waals surface area contributed by atoms with Crippen LogP contribution < -0.4 is 11.1 Å². The molecular weight excluding hydrogens is 278 g/mol. The molecule has 0 aliphatic carbocycles. The molecule has 1 atom stereocenters. The van der Waals surface area contributed by atoms with Crippen LogP contribution in [0.2, 0.25) is 0 Å². The maximum absolute atomic E-state index is 11.7. The van der Waals surface area contributed by atoms with Crippen molar-refractivity contribution in [1.29, 1.82) is 0 Å². The molecule has 0 bridgehead atoms. The van der Waals surface area contributed by atoms with Gasteiger partial charge in [-0.3, -0.25) is 4.79 Å². The third-order valence-electron chi connectivity index (χ3n) is 2.95. The van der Waals surface area contributed by atoms with Gasteiger partial charge in [-0.15, -0.1) is 0 Å². The Hall–Kier alpha value is -1.44. The lowest BCUT2D eigenvalue weighted by Crippen LogP contribution is -2.41. The summed E-state index contributed by atoms with van der Waals surface area (Å²) in [5, 5.41) is 2.64. The number of hydrogen-bond donors (Lipinski definition) is 2. The van der Waals surface area contributed by atoms with E-state index >= 15 is 0 Å². The summed E-state index contributed by atoms with van der Waals surface area (Å²) in [7, 11) is -1.96. The van der Waals surface area contributed by atoms with Crippen molar-refractivity contribution in [2.75, 3.05) is 25.9 Å². The number of nitrogens with one attached hydrogen (secondary N) is 1. The van der Waals surface area contributed by atoms with Crippen LogP contribution in [0.1, 0.15) is 18.5 Å². The first-order valence-electron chi connectivity index (χ1n) is 6.38. The fraction of sp³-hybridized carbons (Fsp3) is 0.462. The third-order valence-corrected chi connectivity index (χ3v) is 4.76. The fourth-order valence-electron chi connectivity index (χ4n) is 1.62. The number of nitrogens with two attached hydrogens (primary N) is 1. The third kappa shape index (κ3) is 4.92. The van der Waals surface area contributed by atoms with Crippen LogP contribution >= 0.6 is 0 Å². The van der Waals surface area contributed by atoms with E-state index in [0.717, 1.165) is 9.87 Å². The first kappa shape index (κ1) is 16.6. The second-order valence-electron chi connectivity index (χ2n) is 4.48. The van der Waals surface area contributed by atoms with E-state index in [1.807, 2.05) is 30.3 Å². The Morgan fingerprint density at radius 2 is 1.95 bits per heavy atom. The Balaban J connectivity index is 2.45. The summed E-state index contributed by atoms with van der Waals surface area (Å²) < 4.78 is 24.1. The molecule has 0 radical (unpaired) electrons. The van der Waals surface area contributed by atoms with Crippen LogP contribution in [-0.2, 0) is 14.8 Å². The number of carbonyl (C=O) groups is 1. The van der Waals surface area contributed by atoms with Crippen molar-refractivity contribution in [3.8, 4) is 0 Å². The monoisotopic (exact) mass is 299 g/mol. The van der Waals surface area contributed by atoms with Gasteiger partial charge in [0.05, 0.1) is 12.3 Å². The number of sulfonamides is 1. The zero-order valence-electron chi connectivity index (χ0n) is 11.7. The van der Waals surface area contributed by atoms with Crippen LogP contribution in [0.4, 0.5) is 0 Å². The fourth-order valence-corrected chi connectivity index (χ4v) is 2.37. The number of benzene rings is 1. The molecule has 1 amide bonds. The summed E-state index contributed by atoms with van der Waals surface area (Å²) in [6.07, 6.45) is 0. The summed E-state index contributed by atoms with van der Waals surface area (Å²) in [4.78, 5) is 11.7. The number of nitrogens with zero attached hydrogens (tertiary/aromatic N) is 1. The maximum Gasteiger partial charge on any atom is 0.235 e. The Bertz CT molecular complexity index is 531. The van der Waals surface area contributed by atoms with E-state index in [2.05, 4.69) is 5.32 Å². The second-order valence-corrected chi connectivity index (χ2v) is 6.84. The van der Waals surface area contributed by atoms with E-state index in [4.69, 9.17) is 5.73 Å². The SMILES string of the molecule is CCS(=O)(=O)N(C)CC(=O)NCC(N)c1ccccc1. The highest BCUT2D eigenvalue weighted by atomic mass is 32.2. The molecule has 112 valence electrons. The first-order chi connectivity index (χ1) is 9.36. The van der Waals surface area contributed by atoms with Crippen LogP contribution in [0.15, 0.2) is 30.3 Å². The normalized spacial score (nSPS) is 13.2. The zero-order chi connectivity index (χ0) is 15.2. The van der Waals surface area contributed by atoms with E-state index in [9.17, 15) is 13.2 Å². The van der Waals surface area contributed by atoms with Crippen LogP contribution in [-0.4, -0.2) is 44.5 Å². The average Bonchev–Trinajstić information content (AvgIpc) is 2.45. The molecule has 1 rings (SSSR count). The van der Waals surface area contributed by atoms with E-state index < -0.39 is 10.0 Å². The van der Waals surface area contributed by atoms with Crippen molar-refractivity contribution >= 4 is 15.9 Å². The summed E-state index contributed by atoms with van der Waals surface area (Å²) in [5.74, 6) is -0.392. The zero-order valence-corrected chi connectivity index (χ0v) is 12.6. The predicted octanol–water partition coefficient (Wildman–Crippen LogP) is 0.0841. The smallest absolute Gasteiger partial charge is 0.235 e. The molecule has 1 unspecified atom stereocenters. The van der Waals surface area contributed by atoms with Crippen molar-refractivity contribution in [2.45, 2.75) is 13.0 Å². The molecule has 0 saturated carbocycles. The van der Waals surface area contributed by atoms with E-state index in [1.165, 1.54) is 14.0 Å². The molecule has 0 aromatic heterocycles. The molecule has 0 fully saturated rings. The summed E-state index contributed by atoms with van der Waals surface area (Å²) in [6.45, 7) is 1.61. The Labute approximate surface area is 120 Å². The van der Waals surface area contributed by atoms with Gasteiger partial charge in [-0.25, -0.2) is 8.42 Å². The first-order valence-corrected chi connectivity index (χ1v) is 7.99. The number of amides is 1. The van der Waals surface area contributed by atoms with E-state index in [0.29, 0.717) is 0 Å². The van der Waals surface area contributed by atoms with Crippen LogP contribution in [0, 0.1) is 0 Å². The van der Waals surface area contributed by atoms with Gasteiger partial charge in [0.15, 0.2) is 0 Å². The number of likely N-dealkylation sites (N-methyl/N-ethyl adjacent to an activating group) is 1. The van der Waals surface area contributed by atoms with Crippen molar-refractivity contribution in [3.05, 3.63) is 35.9 Å². The van der Waals surface area contributed by atoms with Crippen molar-refractivity contribution in [1.82, 2.24) is 9.62 Å². The van der Waals surface area contributed by atoms with Gasteiger partial charge in [0.2, 0.25) is 15.9 Å². The topological polar surface area (TPSA) is 92.5 Å². The minimum Gasteiger partial charge on any atom is -0.353 e. The second kappa shape index (κ2) is 7.37. The molecule has 20 heavy (non-hydrogen) atoms. The highest BCUT2D eigenvalue weighted by Crippen LogP contribution is 2.07. The van der Waals surface area contributed by atoms with Gasteiger partial charge in [0, 0.05) is 19.6 Å². The molecule has 1 aromatic rings. The predicted molar refractivity (Wildman–Crippen MR) is 78.5 cm³/mol. The lowest BCUT2D eigenvalue weighted by molar-refractivity contribution is -0.121. The van der Waals surface area contributed by atoms with Gasteiger partial charge in [0.25, 0.3) is 0 Å². The Kier molecular flexibility index (Phi) is 6.12. The molecule has 0 aliphatic rings. The lowest BCUT2D eigenvalue weighted by atomic mass is 10.1. The minimum atomic E-state index is -3.34. The van der Waals surface area contributed by atoms with Gasteiger partial charge in [-0.2, -0.15) is 4.31 Å². The number of hydrogen-bond acceptors (Lipinski definition) is 4. The van der Waals surface area contributed by atoms with Crippen molar-refractivity contribution in [2.24, 2.45) is 5.73 Å². The van der Waals surface area contributed by atoms with Gasteiger partial charge >= 0.3 is 0 Å². The molecule has 7 heteroatoms. The van der Waals surface area contributed by atoms with Crippen LogP contribution in [0.25, 0.3) is 0 Å². The molecule has 0 saturated heterocycles. The standard InChI is InChI=1S/C13H21N3O3S/c1-3-20(18,19)16(2)10-13(17)15-9-12(14)11-7-5-4-6-8-11/h4-8,12H,3,9-10,14H2,1-2H3,(H,15,17). The van der Waals surface area contributed by atoms with Gasteiger partial charge in [0.1, 0.15) is 0 Å². The number of rotatable bonds is 7. The molecule has 0 spiro atoms. The highest BCUT2D eigenvalue weighted by Gasteiger charge is 2.18. The molecule has 3 N–H and O–H groups in total. The highest BCUT2D eigenvalue weighted by molar-refractivity contribution is 7.89. The minimum absolute atomic E-state index is 0.0275. The molecule has 0 aliphatic heterocycles. The molecular formula is C13H21N3O3S. The van der Waals surface area contributed by atoms with E-state index in [1.54, 1.807) is 0 Å². The summed E-state index contributed by atoms with van der Waals surface area (Å²) in [5.41, 5.74) is 6.86. The lowest BCUT2D eigenvalue weighted by Gasteiger charge is -2.17. The molecule has 0 heterocycles. The molecule has 1 aromatic carbocycles. The average molecular weight is 299 g/mol. The van der Waals surface area contributed by atoms with Gasteiger partial charge < -0.3 is 11.1 Å².